The Morgan fingerprint density at radius 3 is 2.42 bits per heavy atom. The van der Waals surface area contributed by atoms with E-state index in [0.717, 1.165) is 23.4 Å². The van der Waals surface area contributed by atoms with Crippen molar-refractivity contribution < 1.29 is 4.79 Å². The van der Waals surface area contributed by atoms with E-state index in [1.807, 2.05) is 36.9 Å². The number of carbonyl (C=O) groups is 1. The van der Waals surface area contributed by atoms with E-state index in [9.17, 15) is 4.79 Å². The number of hydrogen-bond donors (Lipinski definition) is 0. The van der Waals surface area contributed by atoms with Gasteiger partial charge in [0.25, 0.3) is 0 Å². The van der Waals surface area contributed by atoms with Gasteiger partial charge in [-0.2, -0.15) is 0 Å². The predicted octanol–water partition coefficient (Wildman–Crippen LogP) is 3.41. The van der Waals surface area contributed by atoms with Crippen molar-refractivity contribution in [2.24, 2.45) is 0 Å². The number of hydrogen-bond acceptors (Lipinski definition) is 5. The smallest absolute Gasteiger partial charge is 0.233 e. The average molecular weight is 344 g/mol. The summed E-state index contributed by atoms with van der Waals surface area (Å²) in [6.45, 7) is 8.66. The van der Waals surface area contributed by atoms with Crippen molar-refractivity contribution in [3.8, 4) is 0 Å². The Kier molecular flexibility index (Phi) is 6.73. The zero-order chi connectivity index (χ0) is 17.5. The van der Waals surface area contributed by atoms with E-state index in [2.05, 4.69) is 28.8 Å². The quantitative estimate of drug-likeness (QED) is 0.569. The van der Waals surface area contributed by atoms with Gasteiger partial charge in [-0.25, -0.2) is 9.97 Å². The van der Waals surface area contributed by atoms with Crippen LogP contribution in [0, 0.1) is 13.8 Å². The Morgan fingerprint density at radius 2 is 1.83 bits per heavy atom. The van der Waals surface area contributed by atoms with Crippen LogP contribution in [0.3, 0.4) is 0 Å². The van der Waals surface area contributed by atoms with Gasteiger partial charge in [0, 0.05) is 36.4 Å². The zero-order valence-electron chi connectivity index (χ0n) is 14.7. The molecule has 0 aromatic carbocycles. The highest BCUT2D eigenvalue weighted by Gasteiger charge is 2.20. The molecular formula is C18H24N4OS. The molecule has 0 aliphatic carbocycles. The van der Waals surface area contributed by atoms with Crippen molar-refractivity contribution in [1.29, 1.82) is 0 Å². The summed E-state index contributed by atoms with van der Waals surface area (Å²) in [6, 6.07) is 6.01. The SMILES string of the molecule is CCC(C)N(Cc1ccncc1)C(=O)CSc1nc(C)cc(C)n1. The minimum absolute atomic E-state index is 0.105. The molecule has 1 atom stereocenters. The van der Waals surface area contributed by atoms with Crippen molar-refractivity contribution in [3.63, 3.8) is 0 Å². The second kappa shape index (κ2) is 8.78. The van der Waals surface area contributed by atoms with Crippen LogP contribution in [0.25, 0.3) is 0 Å². The Bertz CT molecular complexity index is 658. The normalized spacial score (nSPS) is 12.0. The van der Waals surface area contributed by atoms with Gasteiger partial charge in [0.15, 0.2) is 5.16 Å². The summed E-state index contributed by atoms with van der Waals surface area (Å²) in [5.74, 6) is 0.451. The largest absolute Gasteiger partial charge is 0.335 e. The van der Waals surface area contributed by atoms with Gasteiger partial charge in [-0.3, -0.25) is 9.78 Å². The molecule has 6 heteroatoms. The van der Waals surface area contributed by atoms with Gasteiger partial charge in [-0.05, 0) is 51.0 Å². The molecule has 128 valence electrons. The molecule has 0 saturated heterocycles. The molecule has 0 spiro atoms. The molecule has 0 fully saturated rings. The molecule has 0 aliphatic rings. The highest BCUT2D eigenvalue weighted by atomic mass is 32.2. The van der Waals surface area contributed by atoms with Crippen LogP contribution >= 0.6 is 11.8 Å². The number of carbonyl (C=O) groups excluding carboxylic acids is 1. The molecule has 2 heterocycles. The standard InChI is InChI=1S/C18H24N4OS/c1-5-15(4)22(11-16-6-8-19-9-7-16)17(23)12-24-18-20-13(2)10-14(3)21-18/h6-10,15H,5,11-12H2,1-4H3. The van der Waals surface area contributed by atoms with E-state index < -0.39 is 0 Å². The molecule has 0 aliphatic heterocycles. The lowest BCUT2D eigenvalue weighted by Gasteiger charge is -2.28. The number of pyridine rings is 1. The maximum absolute atomic E-state index is 12.7. The molecule has 5 nitrogen and oxygen atoms in total. The topological polar surface area (TPSA) is 59.0 Å². The maximum atomic E-state index is 12.7. The van der Waals surface area contributed by atoms with Gasteiger partial charge in [-0.1, -0.05) is 18.7 Å². The third-order valence-electron chi connectivity index (χ3n) is 3.83. The van der Waals surface area contributed by atoms with Crippen molar-refractivity contribution in [2.75, 3.05) is 5.75 Å². The van der Waals surface area contributed by atoms with Crippen molar-refractivity contribution in [3.05, 3.63) is 47.5 Å². The number of rotatable bonds is 7. The van der Waals surface area contributed by atoms with E-state index in [4.69, 9.17) is 0 Å². The summed E-state index contributed by atoms with van der Waals surface area (Å²) < 4.78 is 0. The first-order valence-corrected chi connectivity index (χ1v) is 9.11. The summed E-state index contributed by atoms with van der Waals surface area (Å²) in [7, 11) is 0. The molecule has 0 saturated carbocycles. The molecule has 0 N–H and O–H groups in total. The van der Waals surface area contributed by atoms with Crippen molar-refractivity contribution >= 4 is 17.7 Å². The highest BCUT2D eigenvalue weighted by molar-refractivity contribution is 7.99. The van der Waals surface area contributed by atoms with E-state index >= 15 is 0 Å². The van der Waals surface area contributed by atoms with Crippen LogP contribution in [0.15, 0.2) is 35.7 Å². The summed E-state index contributed by atoms with van der Waals surface area (Å²) in [5.41, 5.74) is 2.94. The molecule has 2 rings (SSSR count). The van der Waals surface area contributed by atoms with Gasteiger partial charge >= 0.3 is 0 Å². The van der Waals surface area contributed by atoms with Gasteiger partial charge in [-0.15, -0.1) is 0 Å². The molecule has 0 radical (unpaired) electrons. The summed E-state index contributed by atoms with van der Waals surface area (Å²) in [6.07, 6.45) is 4.43. The van der Waals surface area contributed by atoms with E-state index in [1.165, 1.54) is 11.8 Å². The number of nitrogens with zero attached hydrogens (tertiary/aromatic N) is 4. The second-order valence-corrected chi connectivity index (χ2v) is 6.80. The molecule has 0 bridgehead atoms. The number of aromatic nitrogens is 3. The molecule has 2 aromatic rings. The van der Waals surface area contributed by atoms with Crippen LogP contribution in [0.2, 0.25) is 0 Å². The Balaban J connectivity index is 2.04. The fourth-order valence-corrected chi connectivity index (χ4v) is 3.20. The monoisotopic (exact) mass is 344 g/mol. The third kappa shape index (κ3) is 5.30. The average Bonchev–Trinajstić information content (AvgIpc) is 2.57. The van der Waals surface area contributed by atoms with Crippen molar-refractivity contribution in [1.82, 2.24) is 19.9 Å². The van der Waals surface area contributed by atoms with Crippen LogP contribution in [-0.4, -0.2) is 37.6 Å². The second-order valence-electron chi connectivity index (χ2n) is 5.86. The van der Waals surface area contributed by atoms with E-state index in [1.54, 1.807) is 12.4 Å². The zero-order valence-corrected chi connectivity index (χ0v) is 15.5. The maximum Gasteiger partial charge on any atom is 0.233 e. The third-order valence-corrected chi connectivity index (χ3v) is 4.66. The van der Waals surface area contributed by atoms with Crippen LogP contribution in [-0.2, 0) is 11.3 Å². The summed E-state index contributed by atoms with van der Waals surface area (Å²) in [5, 5.41) is 0.661. The summed E-state index contributed by atoms with van der Waals surface area (Å²) in [4.78, 5) is 27.5. The first-order chi connectivity index (χ1) is 11.5. The van der Waals surface area contributed by atoms with Crippen LogP contribution in [0.1, 0.15) is 37.2 Å². The van der Waals surface area contributed by atoms with Gasteiger partial charge < -0.3 is 4.90 Å². The Labute approximate surface area is 147 Å². The van der Waals surface area contributed by atoms with Gasteiger partial charge in [0.1, 0.15) is 0 Å². The van der Waals surface area contributed by atoms with Gasteiger partial charge in [0.2, 0.25) is 5.91 Å². The first kappa shape index (κ1) is 18.4. The number of aryl methyl sites for hydroxylation is 2. The van der Waals surface area contributed by atoms with E-state index in [-0.39, 0.29) is 11.9 Å². The molecule has 1 amide bonds. The highest BCUT2D eigenvalue weighted by Crippen LogP contribution is 2.17. The van der Waals surface area contributed by atoms with E-state index in [0.29, 0.717) is 17.5 Å². The minimum atomic E-state index is 0.105. The number of amides is 1. The Morgan fingerprint density at radius 1 is 1.21 bits per heavy atom. The fourth-order valence-electron chi connectivity index (χ4n) is 2.36. The predicted molar refractivity (Wildman–Crippen MR) is 96.8 cm³/mol. The lowest BCUT2D eigenvalue weighted by atomic mass is 10.2. The van der Waals surface area contributed by atoms with Gasteiger partial charge in [0.05, 0.1) is 5.75 Å². The molecule has 1 unspecified atom stereocenters. The summed E-state index contributed by atoms with van der Waals surface area (Å²) >= 11 is 1.40. The molecule has 24 heavy (non-hydrogen) atoms. The lowest BCUT2D eigenvalue weighted by Crippen LogP contribution is -2.38. The van der Waals surface area contributed by atoms with Crippen LogP contribution in [0.4, 0.5) is 0 Å². The van der Waals surface area contributed by atoms with Crippen LogP contribution < -0.4 is 0 Å². The minimum Gasteiger partial charge on any atom is -0.335 e. The number of thioether (sulfide) groups is 1. The fraction of sp³-hybridized carbons (Fsp3) is 0.444. The molecule has 2 aromatic heterocycles. The molecular weight excluding hydrogens is 320 g/mol. The Hall–Kier alpha value is -1.95. The first-order valence-electron chi connectivity index (χ1n) is 8.13. The van der Waals surface area contributed by atoms with Crippen LogP contribution in [0.5, 0.6) is 0 Å². The lowest BCUT2D eigenvalue weighted by molar-refractivity contribution is -0.131. The van der Waals surface area contributed by atoms with Crippen molar-refractivity contribution in [2.45, 2.75) is 51.9 Å².